The summed E-state index contributed by atoms with van der Waals surface area (Å²) in [5, 5.41) is 6.39. The van der Waals surface area contributed by atoms with Gasteiger partial charge in [-0.3, -0.25) is 5.32 Å². The van der Waals surface area contributed by atoms with Gasteiger partial charge in [0, 0.05) is 18.7 Å². The van der Waals surface area contributed by atoms with Crippen LogP contribution in [0, 0.1) is 0 Å². The number of carbonyl (C=O) groups is 2. The van der Waals surface area contributed by atoms with E-state index in [1.807, 2.05) is 0 Å². The van der Waals surface area contributed by atoms with Crippen LogP contribution < -0.4 is 10.1 Å². The summed E-state index contributed by atoms with van der Waals surface area (Å²) in [5.41, 5.74) is -3.53. The second-order valence-corrected chi connectivity index (χ2v) is 13.5. The average Bonchev–Trinajstić information content (AvgIpc) is 3.48. The van der Waals surface area contributed by atoms with Crippen LogP contribution in [-0.2, 0) is 28.4 Å². The Morgan fingerprint density at radius 1 is 0.940 bits per heavy atom. The van der Waals surface area contributed by atoms with E-state index in [0.29, 0.717) is 19.4 Å². The molecule has 50 heavy (non-hydrogen) atoms. The Morgan fingerprint density at radius 3 is 2.20 bits per heavy atom. The number of halogens is 6. The molecule has 0 saturated carbocycles. The molecule has 17 heteroatoms. The lowest BCUT2D eigenvalue weighted by atomic mass is 9.98. The highest BCUT2D eigenvalue weighted by molar-refractivity contribution is 5.99. The molecule has 0 bridgehead atoms. The van der Waals surface area contributed by atoms with E-state index < -0.39 is 65.1 Å². The summed E-state index contributed by atoms with van der Waals surface area (Å²) in [6, 6.07) is 7.05. The van der Waals surface area contributed by atoms with E-state index in [1.54, 1.807) is 46.4 Å². The lowest BCUT2D eigenvalue weighted by molar-refractivity contribution is -0.139. The second kappa shape index (κ2) is 14.6. The van der Waals surface area contributed by atoms with Crippen LogP contribution >= 0.6 is 0 Å². The number of nitrogens with one attached hydrogen (secondary N) is 1. The summed E-state index contributed by atoms with van der Waals surface area (Å²) < 4.78 is 102. The van der Waals surface area contributed by atoms with Crippen molar-refractivity contribution in [3.63, 3.8) is 0 Å². The van der Waals surface area contributed by atoms with E-state index in [4.69, 9.17) is 18.7 Å². The van der Waals surface area contributed by atoms with Gasteiger partial charge in [-0.15, -0.1) is 4.99 Å². The van der Waals surface area contributed by atoms with Crippen molar-refractivity contribution >= 4 is 18.1 Å². The van der Waals surface area contributed by atoms with Gasteiger partial charge in [0.1, 0.15) is 23.6 Å². The molecule has 2 heterocycles. The standard InChI is InChI=1S/C33H37F6N5O6/c1-30(2,3)48-28(45)41-27(42-29(46)49-31(4,5)6)44-15-7-8-21(17-44)26-40-25(43-50-26)20-11-14-24(23(16-20)33(37,38)39)47-18-19-9-12-22(13-10-19)32(34,35)36/h9-14,16,21H,7-8,15,17-18H2,1-6H3,(H,41,42,45,46)/t21-/m1/s1. The number of guanidine groups is 1. The zero-order valence-electron chi connectivity index (χ0n) is 28.2. The van der Waals surface area contributed by atoms with Crippen molar-refractivity contribution in [2.75, 3.05) is 13.1 Å². The summed E-state index contributed by atoms with van der Waals surface area (Å²) in [5.74, 6) is -1.15. The molecule has 1 fully saturated rings. The molecule has 4 rings (SSSR count). The van der Waals surface area contributed by atoms with Crippen LogP contribution in [0.1, 0.15) is 82.9 Å². The quantitative estimate of drug-likeness (QED) is 0.158. The summed E-state index contributed by atoms with van der Waals surface area (Å²) in [6.07, 6.45) is -10.1. The van der Waals surface area contributed by atoms with Crippen molar-refractivity contribution in [1.29, 1.82) is 0 Å². The van der Waals surface area contributed by atoms with Crippen molar-refractivity contribution in [3.8, 4) is 17.1 Å². The van der Waals surface area contributed by atoms with Gasteiger partial charge in [-0.2, -0.15) is 31.3 Å². The predicted molar refractivity (Wildman–Crippen MR) is 167 cm³/mol. The van der Waals surface area contributed by atoms with Crippen molar-refractivity contribution in [3.05, 3.63) is 65.0 Å². The van der Waals surface area contributed by atoms with Crippen LogP contribution in [0.2, 0.25) is 0 Å². The number of nitrogens with zero attached hydrogens (tertiary/aromatic N) is 4. The monoisotopic (exact) mass is 713 g/mol. The van der Waals surface area contributed by atoms with E-state index in [9.17, 15) is 35.9 Å². The number of alkyl carbamates (subject to hydrolysis) is 1. The normalized spacial score (nSPS) is 16.2. The molecule has 3 aromatic rings. The number of likely N-dealkylation sites (tertiary alicyclic amines) is 1. The highest BCUT2D eigenvalue weighted by Crippen LogP contribution is 2.39. The van der Waals surface area contributed by atoms with E-state index >= 15 is 0 Å². The molecule has 1 saturated heterocycles. The summed E-state index contributed by atoms with van der Waals surface area (Å²) in [6.45, 7) is 10.1. The number of ether oxygens (including phenoxy) is 3. The largest absolute Gasteiger partial charge is 0.488 e. The number of rotatable bonds is 5. The number of aliphatic imine (C=N–C) groups is 1. The lowest BCUT2D eigenvalue weighted by Crippen LogP contribution is -2.49. The molecule has 1 atom stereocenters. The highest BCUT2D eigenvalue weighted by Gasteiger charge is 2.36. The van der Waals surface area contributed by atoms with Gasteiger partial charge in [0.15, 0.2) is 0 Å². The fourth-order valence-electron chi connectivity index (χ4n) is 4.80. The summed E-state index contributed by atoms with van der Waals surface area (Å²) in [4.78, 5) is 35.1. The average molecular weight is 714 g/mol. The Kier molecular flexibility index (Phi) is 11.1. The van der Waals surface area contributed by atoms with Gasteiger partial charge in [-0.05, 0) is 90.3 Å². The maximum Gasteiger partial charge on any atom is 0.437 e. The molecular weight excluding hydrogens is 676 g/mol. The van der Waals surface area contributed by atoms with Crippen LogP contribution in [0.5, 0.6) is 5.75 Å². The number of hydrogen-bond acceptors (Lipinski definition) is 8. The van der Waals surface area contributed by atoms with Crippen LogP contribution in [0.3, 0.4) is 0 Å². The molecule has 2 amide bonds. The van der Waals surface area contributed by atoms with Crippen LogP contribution in [0.4, 0.5) is 35.9 Å². The van der Waals surface area contributed by atoms with Gasteiger partial charge in [0.25, 0.3) is 0 Å². The summed E-state index contributed by atoms with van der Waals surface area (Å²) in [7, 11) is 0. The minimum absolute atomic E-state index is 0.0272. The molecule has 1 aliphatic rings. The minimum Gasteiger partial charge on any atom is -0.488 e. The Labute approximate surface area is 284 Å². The molecule has 0 aliphatic carbocycles. The first-order valence-corrected chi connectivity index (χ1v) is 15.5. The van der Waals surface area contributed by atoms with Gasteiger partial charge in [-0.25, -0.2) is 9.59 Å². The van der Waals surface area contributed by atoms with E-state index in [0.717, 1.165) is 36.4 Å². The Balaban J connectivity index is 1.52. The molecule has 11 nitrogen and oxygen atoms in total. The zero-order valence-corrected chi connectivity index (χ0v) is 28.2. The molecule has 0 radical (unpaired) electrons. The third-order valence-corrected chi connectivity index (χ3v) is 6.93. The molecule has 1 N–H and O–H groups in total. The molecule has 2 aromatic carbocycles. The van der Waals surface area contributed by atoms with Crippen molar-refractivity contribution in [2.45, 2.75) is 90.5 Å². The first-order valence-electron chi connectivity index (χ1n) is 15.5. The number of alkyl halides is 6. The van der Waals surface area contributed by atoms with Gasteiger partial charge in [0.05, 0.1) is 17.0 Å². The molecule has 1 aliphatic heterocycles. The van der Waals surface area contributed by atoms with E-state index in [-0.39, 0.29) is 35.3 Å². The van der Waals surface area contributed by atoms with E-state index in [2.05, 4.69) is 20.4 Å². The molecule has 0 unspecified atom stereocenters. The van der Waals surface area contributed by atoms with Crippen molar-refractivity contribution < 1.29 is 54.7 Å². The Bertz CT molecular complexity index is 1690. The van der Waals surface area contributed by atoms with E-state index in [1.165, 1.54) is 6.07 Å². The fourth-order valence-corrected chi connectivity index (χ4v) is 4.80. The molecule has 1 aromatic heterocycles. The van der Waals surface area contributed by atoms with Gasteiger partial charge >= 0.3 is 24.5 Å². The van der Waals surface area contributed by atoms with Gasteiger partial charge in [0.2, 0.25) is 17.7 Å². The van der Waals surface area contributed by atoms with Crippen molar-refractivity contribution in [1.82, 2.24) is 20.4 Å². The topological polar surface area (TPSA) is 128 Å². The number of aromatic nitrogens is 2. The second-order valence-electron chi connectivity index (χ2n) is 13.5. The number of benzene rings is 2. The predicted octanol–water partition coefficient (Wildman–Crippen LogP) is 8.35. The van der Waals surface area contributed by atoms with Crippen molar-refractivity contribution in [2.24, 2.45) is 4.99 Å². The first-order chi connectivity index (χ1) is 23.1. The van der Waals surface area contributed by atoms with Crippen LogP contribution in [0.15, 0.2) is 52.0 Å². The Hall–Kier alpha value is -4.83. The third-order valence-electron chi connectivity index (χ3n) is 6.93. The number of piperidine rings is 1. The smallest absolute Gasteiger partial charge is 0.437 e. The number of hydrogen-bond donors (Lipinski definition) is 1. The molecule has 0 spiro atoms. The van der Waals surface area contributed by atoms with Crippen LogP contribution in [-0.4, -0.2) is 57.5 Å². The van der Waals surface area contributed by atoms with Crippen LogP contribution in [0.25, 0.3) is 11.4 Å². The number of amides is 2. The summed E-state index contributed by atoms with van der Waals surface area (Å²) >= 11 is 0. The van der Waals surface area contributed by atoms with Gasteiger partial charge < -0.3 is 23.6 Å². The Morgan fingerprint density at radius 2 is 1.60 bits per heavy atom. The lowest BCUT2D eigenvalue weighted by Gasteiger charge is -2.33. The fraction of sp³-hybridized carbons (Fsp3) is 0.485. The maximum absolute atomic E-state index is 14.1. The SMILES string of the molecule is CC(C)(C)OC(=O)N=C(NC(=O)OC(C)(C)C)N1CCC[C@@H](c2nc(-c3ccc(OCc4ccc(C(F)(F)F)cc4)c(C(F)(F)F)c3)no2)C1. The first kappa shape index (κ1) is 38.0. The number of carbonyl (C=O) groups excluding carboxylic acids is 2. The zero-order chi connectivity index (χ0) is 37.1. The third kappa shape index (κ3) is 10.8. The maximum atomic E-state index is 14.1. The molecular formula is C33H37F6N5O6. The minimum atomic E-state index is -4.85. The molecule has 272 valence electrons. The van der Waals surface area contributed by atoms with Gasteiger partial charge in [-0.1, -0.05) is 17.3 Å². The highest BCUT2D eigenvalue weighted by atomic mass is 19.4.